The first-order valence-electron chi connectivity index (χ1n) is 14.9. The Kier molecular flexibility index (Phi) is 9.32. The van der Waals surface area contributed by atoms with Gasteiger partial charge in [0.15, 0.2) is 0 Å². The molecule has 0 radical (unpaired) electrons. The van der Waals surface area contributed by atoms with E-state index in [0.717, 1.165) is 55.5 Å². The Hall–Kier alpha value is -3.74. The number of benzene rings is 3. The van der Waals surface area contributed by atoms with E-state index in [1.807, 2.05) is 30.3 Å². The van der Waals surface area contributed by atoms with Crippen molar-refractivity contribution in [2.45, 2.75) is 63.8 Å². The van der Waals surface area contributed by atoms with Gasteiger partial charge in [-0.15, -0.1) is 0 Å². The lowest BCUT2D eigenvalue weighted by Crippen LogP contribution is -2.50. The maximum absolute atomic E-state index is 15.0. The molecule has 2 amide bonds. The zero-order valence-electron chi connectivity index (χ0n) is 23.7. The van der Waals surface area contributed by atoms with Crippen LogP contribution in [0.5, 0.6) is 0 Å². The standard InChI is InChI=1S/C34H39F2N3O2/c1-23(26-12-14-29(30(36)22-26)25-10-6-3-7-11-25)33(40)38-31(20-24-8-4-2-5-9-24)34(41)37-17-19-39-18-16-27-21-28(35)13-15-32(27)39/h3,6-7,10-15,21-24,31H,2,4-5,8-9,16-20H2,1H3,(H,37,41)(H,38,40). The molecule has 0 saturated heterocycles. The van der Waals surface area contributed by atoms with Crippen molar-refractivity contribution < 1.29 is 18.4 Å². The molecule has 2 unspecified atom stereocenters. The number of carbonyl (C=O) groups is 2. The van der Waals surface area contributed by atoms with E-state index in [9.17, 15) is 14.0 Å². The fourth-order valence-corrected chi connectivity index (χ4v) is 6.20. The summed E-state index contributed by atoms with van der Waals surface area (Å²) in [4.78, 5) is 28.9. The summed E-state index contributed by atoms with van der Waals surface area (Å²) < 4.78 is 28.6. The summed E-state index contributed by atoms with van der Waals surface area (Å²) in [6, 6.07) is 18.4. The third-order valence-electron chi connectivity index (χ3n) is 8.61. The highest BCUT2D eigenvalue weighted by atomic mass is 19.1. The van der Waals surface area contributed by atoms with E-state index in [1.54, 1.807) is 31.2 Å². The highest BCUT2D eigenvalue weighted by molar-refractivity contribution is 5.90. The van der Waals surface area contributed by atoms with Gasteiger partial charge in [-0.05, 0) is 66.6 Å². The molecule has 1 fully saturated rings. The lowest BCUT2D eigenvalue weighted by molar-refractivity contribution is -0.130. The minimum atomic E-state index is -0.651. The van der Waals surface area contributed by atoms with E-state index < -0.39 is 12.0 Å². The van der Waals surface area contributed by atoms with Crippen LogP contribution in [-0.2, 0) is 16.0 Å². The number of anilines is 1. The van der Waals surface area contributed by atoms with Crippen LogP contribution in [0.1, 0.15) is 62.5 Å². The van der Waals surface area contributed by atoms with Crippen molar-refractivity contribution in [1.82, 2.24) is 10.6 Å². The molecular formula is C34H39F2N3O2. The summed E-state index contributed by atoms with van der Waals surface area (Å²) in [5.74, 6) is -1.32. The zero-order valence-corrected chi connectivity index (χ0v) is 23.7. The molecule has 2 atom stereocenters. The second-order valence-electron chi connectivity index (χ2n) is 11.4. The molecule has 0 aromatic heterocycles. The highest BCUT2D eigenvalue weighted by Gasteiger charge is 2.28. The topological polar surface area (TPSA) is 61.4 Å². The van der Waals surface area contributed by atoms with Gasteiger partial charge in [0.05, 0.1) is 5.92 Å². The molecule has 3 aromatic carbocycles. The Bertz CT molecular complexity index is 1360. The zero-order chi connectivity index (χ0) is 28.8. The SMILES string of the molecule is CC(C(=O)NC(CC1CCCCC1)C(=O)NCCN1CCc2cc(F)ccc21)c1ccc(-c2ccccc2)c(F)c1. The minimum Gasteiger partial charge on any atom is -0.369 e. The van der Waals surface area contributed by atoms with Crippen molar-refractivity contribution in [2.24, 2.45) is 5.92 Å². The monoisotopic (exact) mass is 559 g/mol. The Labute approximate surface area is 241 Å². The maximum atomic E-state index is 15.0. The second-order valence-corrected chi connectivity index (χ2v) is 11.4. The first-order valence-corrected chi connectivity index (χ1v) is 14.9. The van der Waals surface area contributed by atoms with Crippen molar-refractivity contribution in [2.75, 3.05) is 24.5 Å². The first-order chi connectivity index (χ1) is 19.9. The van der Waals surface area contributed by atoms with Gasteiger partial charge in [-0.1, -0.05) is 74.6 Å². The Morgan fingerprint density at radius 2 is 1.73 bits per heavy atom. The van der Waals surface area contributed by atoms with Crippen molar-refractivity contribution in [1.29, 1.82) is 0 Å². The van der Waals surface area contributed by atoms with Crippen molar-refractivity contribution in [3.63, 3.8) is 0 Å². The fourth-order valence-electron chi connectivity index (χ4n) is 6.20. The first kappa shape index (κ1) is 28.8. The van der Waals surface area contributed by atoms with Gasteiger partial charge >= 0.3 is 0 Å². The lowest BCUT2D eigenvalue weighted by atomic mass is 9.84. The number of hydrogen-bond acceptors (Lipinski definition) is 3. The van der Waals surface area contributed by atoms with Crippen LogP contribution >= 0.6 is 0 Å². The van der Waals surface area contributed by atoms with E-state index >= 15 is 4.39 Å². The maximum Gasteiger partial charge on any atom is 0.242 e. The molecule has 0 bridgehead atoms. The van der Waals surface area contributed by atoms with Crippen LogP contribution in [-0.4, -0.2) is 37.5 Å². The van der Waals surface area contributed by atoms with Crippen LogP contribution in [0, 0.1) is 17.6 Å². The molecule has 5 rings (SSSR count). The van der Waals surface area contributed by atoms with Crippen LogP contribution in [0.3, 0.4) is 0 Å². The van der Waals surface area contributed by atoms with Gasteiger partial charge in [0, 0.05) is 30.9 Å². The third kappa shape index (κ3) is 7.13. The molecule has 2 N–H and O–H groups in total. The molecule has 2 aliphatic rings. The number of rotatable bonds is 10. The number of halogens is 2. The molecule has 1 aliphatic heterocycles. The summed E-state index contributed by atoms with van der Waals surface area (Å²) in [6.07, 6.45) is 6.99. The predicted molar refractivity (Wildman–Crippen MR) is 159 cm³/mol. The number of carbonyl (C=O) groups excluding carboxylic acids is 2. The van der Waals surface area contributed by atoms with E-state index in [1.165, 1.54) is 18.6 Å². The van der Waals surface area contributed by atoms with E-state index in [2.05, 4.69) is 15.5 Å². The molecule has 5 nitrogen and oxygen atoms in total. The molecule has 1 heterocycles. The largest absolute Gasteiger partial charge is 0.369 e. The van der Waals surface area contributed by atoms with Gasteiger partial charge in [0.1, 0.15) is 17.7 Å². The van der Waals surface area contributed by atoms with E-state index in [4.69, 9.17) is 0 Å². The summed E-state index contributed by atoms with van der Waals surface area (Å²) in [5, 5.41) is 6.03. The summed E-state index contributed by atoms with van der Waals surface area (Å²) in [5.41, 5.74) is 3.83. The Morgan fingerprint density at radius 1 is 0.951 bits per heavy atom. The van der Waals surface area contributed by atoms with Crippen molar-refractivity contribution >= 4 is 17.5 Å². The third-order valence-corrected chi connectivity index (χ3v) is 8.61. The number of amides is 2. The number of hydrogen-bond donors (Lipinski definition) is 2. The van der Waals surface area contributed by atoms with Gasteiger partial charge in [0.25, 0.3) is 0 Å². The van der Waals surface area contributed by atoms with Crippen molar-refractivity contribution in [3.8, 4) is 11.1 Å². The fraction of sp³-hybridized carbons (Fsp3) is 0.412. The number of nitrogens with zero attached hydrogens (tertiary/aromatic N) is 1. The summed E-state index contributed by atoms with van der Waals surface area (Å²) in [6.45, 7) is 3.57. The Balaban J connectivity index is 1.22. The van der Waals surface area contributed by atoms with E-state index in [0.29, 0.717) is 36.6 Å². The van der Waals surface area contributed by atoms with Crippen LogP contribution in [0.25, 0.3) is 11.1 Å². The van der Waals surface area contributed by atoms with Crippen LogP contribution in [0.4, 0.5) is 14.5 Å². The minimum absolute atomic E-state index is 0.194. The normalized spacial score (nSPS) is 16.6. The average molecular weight is 560 g/mol. The molecule has 1 saturated carbocycles. The smallest absolute Gasteiger partial charge is 0.242 e. The molecule has 41 heavy (non-hydrogen) atoms. The molecular weight excluding hydrogens is 520 g/mol. The average Bonchev–Trinajstić information content (AvgIpc) is 3.39. The lowest BCUT2D eigenvalue weighted by Gasteiger charge is -2.28. The molecule has 3 aromatic rings. The van der Waals surface area contributed by atoms with E-state index in [-0.39, 0.29) is 23.4 Å². The molecule has 7 heteroatoms. The summed E-state index contributed by atoms with van der Waals surface area (Å²) >= 11 is 0. The van der Waals surface area contributed by atoms with Gasteiger partial charge in [-0.2, -0.15) is 0 Å². The molecule has 0 spiro atoms. The van der Waals surface area contributed by atoms with Crippen LogP contribution in [0.15, 0.2) is 66.7 Å². The molecule has 1 aliphatic carbocycles. The van der Waals surface area contributed by atoms with Crippen LogP contribution in [0.2, 0.25) is 0 Å². The quantitative estimate of drug-likeness (QED) is 0.304. The predicted octanol–water partition coefficient (Wildman–Crippen LogP) is 6.37. The van der Waals surface area contributed by atoms with Gasteiger partial charge in [-0.3, -0.25) is 9.59 Å². The van der Waals surface area contributed by atoms with Gasteiger partial charge < -0.3 is 15.5 Å². The number of nitrogens with one attached hydrogen (secondary N) is 2. The summed E-state index contributed by atoms with van der Waals surface area (Å²) in [7, 11) is 0. The second kappa shape index (κ2) is 13.3. The van der Waals surface area contributed by atoms with Crippen LogP contribution < -0.4 is 15.5 Å². The number of fused-ring (bicyclic) bond motifs is 1. The van der Waals surface area contributed by atoms with Crippen molar-refractivity contribution in [3.05, 3.63) is 89.5 Å². The molecule has 216 valence electrons. The highest BCUT2D eigenvalue weighted by Crippen LogP contribution is 2.30. The van der Waals surface area contributed by atoms with Gasteiger partial charge in [0.2, 0.25) is 11.8 Å². The Morgan fingerprint density at radius 3 is 2.49 bits per heavy atom. The van der Waals surface area contributed by atoms with Gasteiger partial charge in [-0.25, -0.2) is 8.78 Å².